The van der Waals surface area contributed by atoms with E-state index in [2.05, 4.69) is 34.0 Å². The molecule has 4 rings (SSSR count). The predicted octanol–water partition coefficient (Wildman–Crippen LogP) is 3.40. The van der Waals surface area contributed by atoms with Crippen LogP contribution in [-0.2, 0) is 26.2 Å². The van der Waals surface area contributed by atoms with E-state index in [9.17, 15) is 4.79 Å². The maximum absolute atomic E-state index is 12.7. The Morgan fingerprint density at radius 2 is 2.00 bits per heavy atom. The molecular formula is C22H23N3O3. The largest absolute Gasteiger partial charge is 0.488 e. The fourth-order valence-corrected chi connectivity index (χ4v) is 3.37. The van der Waals surface area contributed by atoms with Crippen LogP contribution in [0.25, 0.3) is 0 Å². The number of nitrogens with zero attached hydrogens (tertiary/aromatic N) is 1. The average Bonchev–Trinajstić information content (AvgIpc) is 3.30. The number of amides is 1. The minimum Gasteiger partial charge on any atom is -0.488 e. The summed E-state index contributed by atoms with van der Waals surface area (Å²) in [4.78, 5) is 12.7. The van der Waals surface area contributed by atoms with Gasteiger partial charge in [-0.1, -0.05) is 35.5 Å². The first-order valence-corrected chi connectivity index (χ1v) is 9.35. The molecule has 6 nitrogen and oxygen atoms in total. The van der Waals surface area contributed by atoms with Crippen molar-refractivity contribution >= 4 is 5.91 Å². The van der Waals surface area contributed by atoms with Crippen LogP contribution >= 0.6 is 0 Å². The lowest BCUT2D eigenvalue weighted by molar-refractivity contribution is 0.0946. The van der Waals surface area contributed by atoms with Gasteiger partial charge in [-0.25, -0.2) is 0 Å². The number of aromatic nitrogens is 1. The number of rotatable bonds is 6. The summed E-state index contributed by atoms with van der Waals surface area (Å²) in [6.45, 7) is 6.31. The molecule has 0 unspecified atom stereocenters. The van der Waals surface area contributed by atoms with Crippen molar-refractivity contribution < 1.29 is 14.1 Å². The third kappa shape index (κ3) is 3.77. The Hall–Kier alpha value is -3.12. The van der Waals surface area contributed by atoms with Gasteiger partial charge < -0.3 is 19.9 Å². The van der Waals surface area contributed by atoms with Crippen molar-refractivity contribution in [2.45, 2.75) is 40.1 Å². The lowest BCUT2D eigenvalue weighted by Crippen LogP contribution is -2.23. The van der Waals surface area contributed by atoms with Gasteiger partial charge in [0.25, 0.3) is 5.91 Å². The van der Waals surface area contributed by atoms with Crippen LogP contribution in [0, 0.1) is 13.8 Å². The minimum absolute atomic E-state index is 0.159. The Morgan fingerprint density at radius 1 is 1.18 bits per heavy atom. The van der Waals surface area contributed by atoms with Gasteiger partial charge in [-0.2, -0.15) is 0 Å². The minimum atomic E-state index is -0.159. The van der Waals surface area contributed by atoms with Crippen LogP contribution < -0.4 is 15.4 Å². The number of nitrogens with one attached hydrogen (secondary N) is 2. The second kappa shape index (κ2) is 7.86. The Labute approximate surface area is 163 Å². The van der Waals surface area contributed by atoms with Crippen molar-refractivity contribution in [3.8, 4) is 5.75 Å². The van der Waals surface area contributed by atoms with Crippen molar-refractivity contribution in [1.82, 2.24) is 15.8 Å². The first kappa shape index (κ1) is 18.3. The molecule has 2 aromatic carbocycles. The second-order valence-corrected chi connectivity index (χ2v) is 6.98. The lowest BCUT2D eigenvalue weighted by atomic mass is 10.1. The van der Waals surface area contributed by atoms with Gasteiger partial charge in [0.15, 0.2) is 0 Å². The maximum Gasteiger partial charge on any atom is 0.255 e. The number of fused-ring (bicyclic) bond motifs is 1. The first-order chi connectivity index (χ1) is 13.6. The van der Waals surface area contributed by atoms with Gasteiger partial charge in [-0.15, -0.1) is 0 Å². The van der Waals surface area contributed by atoms with Crippen LogP contribution in [0.15, 0.2) is 47.0 Å². The summed E-state index contributed by atoms with van der Waals surface area (Å²) in [7, 11) is 0. The standard InChI is InChI=1S/C22H23N3O3/c1-14-20(15(2)28-25-14)13-27-21-6-4-3-5-19(21)22(26)24-10-16-7-8-17-11-23-12-18(17)9-16/h3-9,23H,10-13H2,1-2H3,(H,24,26). The Morgan fingerprint density at radius 3 is 2.82 bits per heavy atom. The third-order valence-electron chi connectivity index (χ3n) is 5.04. The van der Waals surface area contributed by atoms with E-state index in [0.29, 0.717) is 24.5 Å². The molecule has 1 aliphatic rings. The Kier molecular flexibility index (Phi) is 5.12. The van der Waals surface area contributed by atoms with E-state index in [1.807, 2.05) is 26.0 Å². The van der Waals surface area contributed by atoms with Gasteiger partial charge in [0.2, 0.25) is 0 Å². The van der Waals surface area contributed by atoms with Crippen molar-refractivity contribution in [3.05, 3.63) is 81.7 Å². The molecule has 2 heterocycles. The molecule has 144 valence electrons. The Balaban J connectivity index is 1.43. The van der Waals surface area contributed by atoms with Gasteiger partial charge >= 0.3 is 0 Å². The lowest BCUT2D eigenvalue weighted by Gasteiger charge is -2.12. The van der Waals surface area contributed by atoms with E-state index in [1.165, 1.54) is 11.1 Å². The van der Waals surface area contributed by atoms with Gasteiger partial charge in [0, 0.05) is 19.6 Å². The van der Waals surface area contributed by atoms with E-state index in [0.717, 1.165) is 35.7 Å². The van der Waals surface area contributed by atoms with E-state index in [4.69, 9.17) is 9.26 Å². The number of hydrogen-bond acceptors (Lipinski definition) is 5. The molecule has 3 aromatic rings. The molecule has 6 heteroatoms. The highest BCUT2D eigenvalue weighted by molar-refractivity contribution is 5.96. The van der Waals surface area contributed by atoms with Gasteiger partial charge in [-0.3, -0.25) is 4.79 Å². The molecular weight excluding hydrogens is 354 g/mol. The fourth-order valence-electron chi connectivity index (χ4n) is 3.37. The molecule has 0 saturated carbocycles. The smallest absolute Gasteiger partial charge is 0.255 e. The van der Waals surface area contributed by atoms with Crippen LogP contribution in [0.1, 0.15) is 44.1 Å². The van der Waals surface area contributed by atoms with E-state index < -0.39 is 0 Å². The molecule has 0 saturated heterocycles. The highest BCUT2D eigenvalue weighted by Gasteiger charge is 2.15. The third-order valence-corrected chi connectivity index (χ3v) is 5.04. The molecule has 1 amide bonds. The van der Waals surface area contributed by atoms with Crippen LogP contribution in [0.2, 0.25) is 0 Å². The molecule has 28 heavy (non-hydrogen) atoms. The number of benzene rings is 2. The number of aryl methyl sites for hydroxylation is 2. The van der Waals surface area contributed by atoms with Crippen LogP contribution in [0.5, 0.6) is 5.75 Å². The second-order valence-electron chi connectivity index (χ2n) is 6.98. The molecule has 0 radical (unpaired) electrons. The number of carbonyl (C=O) groups excluding carboxylic acids is 1. The molecule has 0 fully saturated rings. The first-order valence-electron chi connectivity index (χ1n) is 9.35. The maximum atomic E-state index is 12.7. The van der Waals surface area contributed by atoms with Crippen LogP contribution in [0.3, 0.4) is 0 Å². The molecule has 2 N–H and O–H groups in total. The SMILES string of the molecule is Cc1noc(C)c1COc1ccccc1C(=O)NCc1ccc2c(c1)CNC2. The van der Waals surface area contributed by atoms with Gasteiger partial charge in [0.05, 0.1) is 16.8 Å². The molecule has 1 aliphatic heterocycles. The van der Waals surface area contributed by atoms with Crippen molar-refractivity contribution in [2.75, 3.05) is 0 Å². The summed E-state index contributed by atoms with van der Waals surface area (Å²) in [5, 5.41) is 10.3. The summed E-state index contributed by atoms with van der Waals surface area (Å²) in [5.74, 6) is 1.11. The number of ether oxygens (including phenoxy) is 1. The molecule has 0 atom stereocenters. The van der Waals surface area contributed by atoms with Gasteiger partial charge in [-0.05, 0) is 42.7 Å². The summed E-state index contributed by atoms with van der Waals surface area (Å²) < 4.78 is 11.1. The van der Waals surface area contributed by atoms with Crippen LogP contribution in [-0.4, -0.2) is 11.1 Å². The van der Waals surface area contributed by atoms with Crippen molar-refractivity contribution in [3.63, 3.8) is 0 Å². The quantitative estimate of drug-likeness (QED) is 0.689. The Bertz CT molecular complexity index is 991. The highest BCUT2D eigenvalue weighted by atomic mass is 16.5. The monoisotopic (exact) mass is 377 g/mol. The zero-order chi connectivity index (χ0) is 19.5. The zero-order valence-electron chi connectivity index (χ0n) is 16.0. The average molecular weight is 377 g/mol. The topological polar surface area (TPSA) is 76.4 Å². The summed E-state index contributed by atoms with van der Waals surface area (Å²) in [5.41, 5.74) is 5.93. The molecule has 0 spiro atoms. The van der Waals surface area contributed by atoms with Gasteiger partial charge in [0.1, 0.15) is 18.1 Å². The van der Waals surface area contributed by atoms with E-state index in [-0.39, 0.29) is 5.91 Å². The normalized spacial score (nSPS) is 12.6. The number of carbonyl (C=O) groups is 1. The number of hydrogen-bond donors (Lipinski definition) is 2. The molecule has 0 aliphatic carbocycles. The summed E-state index contributed by atoms with van der Waals surface area (Å²) in [6.07, 6.45) is 0. The highest BCUT2D eigenvalue weighted by Crippen LogP contribution is 2.22. The van der Waals surface area contributed by atoms with Crippen molar-refractivity contribution in [2.24, 2.45) is 0 Å². The van der Waals surface area contributed by atoms with Crippen molar-refractivity contribution in [1.29, 1.82) is 0 Å². The summed E-state index contributed by atoms with van der Waals surface area (Å²) >= 11 is 0. The molecule has 1 aromatic heterocycles. The fraction of sp³-hybridized carbons (Fsp3) is 0.273. The number of para-hydroxylation sites is 1. The van der Waals surface area contributed by atoms with Crippen LogP contribution in [0.4, 0.5) is 0 Å². The van der Waals surface area contributed by atoms with E-state index >= 15 is 0 Å². The predicted molar refractivity (Wildman–Crippen MR) is 105 cm³/mol. The zero-order valence-corrected chi connectivity index (χ0v) is 16.0. The van der Waals surface area contributed by atoms with E-state index in [1.54, 1.807) is 12.1 Å². The summed E-state index contributed by atoms with van der Waals surface area (Å²) in [6, 6.07) is 13.6. The molecule has 0 bridgehead atoms.